The van der Waals surface area contributed by atoms with Crippen molar-refractivity contribution in [2.24, 2.45) is 0 Å². The fourth-order valence-corrected chi connectivity index (χ4v) is 2.45. The number of hydrogen-bond acceptors (Lipinski definition) is 3. The summed E-state index contributed by atoms with van der Waals surface area (Å²) in [5.41, 5.74) is 1.32. The number of amides is 2. The van der Waals surface area contributed by atoms with Gasteiger partial charge in [-0.25, -0.2) is 0 Å². The average Bonchev–Trinajstić information content (AvgIpc) is 2.64. The predicted molar refractivity (Wildman–Crippen MR) is 98.2 cm³/mol. The van der Waals surface area contributed by atoms with Crippen molar-refractivity contribution >= 4 is 11.8 Å². The third kappa shape index (κ3) is 6.29. The molecule has 8 heteroatoms. The molecule has 2 aromatic carbocycles. The third-order valence-corrected chi connectivity index (χ3v) is 3.90. The Hall–Kier alpha value is -3.03. The van der Waals surface area contributed by atoms with E-state index in [9.17, 15) is 22.8 Å². The fraction of sp³-hybridized carbons (Fsp3) is 0.300. The molecule has 0 saturated carbocycles. The number of aryl methyl sites for hydroxylation is 2. The van der Waals surface area contributed by atoms with Gasteiger partial charge < -0.3 is 15.4 Å². The average molecular weight is 394 g/mol. The van der Waals surface area contributed by atoms with Gasteiger partial charge in [0, 0.05) is 5.56 Å². The first-order chi connectivity index (χ1) is 13.2. The predicted octanol–water partition coefficient (Wildman–Crippen LogP) is 3.25. The summed E-state index contributed by atoms with van der Waals surface area (Å²) in [5.74, 6) is -0.324. The maximum atomic E-state index is 12.5. The van der Waals surface area contributed by atoms with Crippen LogP contribution in [-0.4, -0.2) is 31.5 Å². The van der Waals surface area contributed by atoms with E-state index in [1.807, 2.05) is 32.0 Å². The second-order valence-corrected chi connectivity index (χ2v) is 6.23. The van der Waals surface area contributed by atoms with Crippen LogP contribution in [0.4, 0.5) is 13.2 Å². The molecule has 0 atom stereocenters. The highest BCUT2D eigenvalue weighted by Crippen LogP contribution is 2.29. The number of benzene rings is 2. The number of carbonyl (C=O) groups excluding carboxylic acids is 2. The zero-order valence-corrected chi connectivity index (χ0v) is 15.5. The molecule has 150 valence electrons. The molecule has 0 aliphatic heterocycles. The van der Waals surface area contributed by atoms with Gasteiger partial charge in [0.15, 0.2) is 0 Å². The third-order valence-electron chi connectivity index (χ3n) is 3.90. The number of nitrogens with one attached hydrogen (secondary N) is 2. The summed E-state index contributed by atoms with van der Waals surface area (Å²) in [5, 5.41) is 4.95. The molecule has 0 fully saturated rings. The molecule has 2 aromatic rings. The van der Waals surface area contributed by atoms with E-state index < -0.39 is 23.6 Å². The Morgan fingerprint density at radius 2 is 1.68 bits per heavy atom. The molecule has 0 unspecified atom stereocenters. The normalized spacial score (nSPS) is 11.0. The molecule has 0 aromatic heterocycles. The fourth-order valence-electron chi connectivity index (χ4n) is 2.45. The minimum absolute atomic E-state index is 0.0407. The monoisotopic (exact) mass is 394 g/mol. The van der Waals surface area contributed by atoms with E-state index in [0.717, 1.165) is 41.1 Å². The largest absolute Gasteiger partial charge is 0.491 e. The topological polar surface area (TPSA) is 67.4 Å². The van der Waals surface area contributed by atoms with E-state index in [2.05, 4.69) is 10.6 Å². The number of hydrogen-bond donors (Lipinski definition) is 2. The number of carbonyl (C=O) groups is 2. The Bertz CT molecular complexity index is 834. The van der Waals surface area contributed by atoms with Crippen LogP contribution in [0.1, 0.15) is 27.0 Å². The van der Waals surface area contributed by atoms with Crippen molar-refractivity contribution in [1.82, 2.24) is 10.6 Å². The number of alkyl halides is 3. The van der Waals surface area contributed by atoms with Crippen LogP contribution >= 0.6 is 0 Å². The minimum Gasteiger partial charge on any atom is -0.491 e. The molecule has 0 heterocycles. The van der Waals surface area contributed by atoms with Crippen LogP contribution in [0.25, 0.3) is 0 Å². The molecule has 2 rings (SSSR count). The second kappa shape index (κ2) is 9.25. The number of ether oxygens (including phenoxy) is 1. The van der Waals surface area contributed by atoms with Crippen molar-refractivity contribution < 1.29 is 27.5 Å². The summed E-state index contributed by atoms with van der Waals surface area (Å²) in [7, 11) is 0. The summed E-state index contributed by atoms with van der Waals surface area (Å²) >= 11 is 0. The highest BCUT2D eigenvalue weighted by atomic mass is 19.4. The molecule has 0 spiro atoms. The van der Waals surface area contributed by atoms with Crippen LogP contribution in [0.5, 0.6) is 5.75 Å². The van der Waals surface area contributed by atoms with Crippen LogP contribution in [0.15, 0.2) is 42.5 Å². The van der Waals surface area contributed by atoms with Gasteiger partial charge in [-0.3, -0.25) is 9.59 Å². The summed E-state index contributed by atoms with van der Waals surface area (Å²) in [4.78, 5) is 23.7. The lowest BCUT2D eigenvalue weighted by Gasteiger charge is -2.11. The van der Waals surface area contributed by atoms with Gasteiger partial charge in [0.25, 0.3) is 5.91 Å². The van der Waals surface area contributed by atoms with Gasteiger partial charge in [0.2, 0.25) is 5.91 Å². The smallest absolute Gasteiger partial charge is 0.416 e. The van der Waals surface area contributed by atoms with Crippen molar-refractivity contribution in [3.63, 3.8) is 0 Å². The Morgan fingerprint density at radius 3 is 2.29 bits per heavy atom. The lowest BCUT2D eigenvalue weighted by molar-refractivity contribution is -0.137. The summed E-state index contributed by atoms with van der Waals surface area (Å²) in [6.45, 7) is 4.14. The molecule has 2 amide bonds. The Morgan fingerprint density at radius 1 is 1.00 bits per heavy atom. The molecule has 0 bridgehead atoms. The van der Waals surface area contributed by atoms with E-state index in [0.29, 0.717) is 0 Å². The van der Waals surface area contributed by atoms with Gasteiger partial charge >= 0.3 is 6.18 Å². The maximum Gasteiger partial charge on any atom is 0.416 e. The van der Waals surface area contributed by atoms with Crippen LogP contribution < -0.4 is 15.4 Å². The van der Waals surface area contributed by atoms with E-state index in [-0.39, 0.29) is 25.3 Å². The highest BCUT2D eigenvalue weighted by Gasteiger charge is 2.30. The quantitative estimate of drug-likeness (QED) is 0.709. The highest BCUT2D eigenvalue weighted by molar-refractivity contribution is 5.96. The van der Waals surface area contributed by atoms with Gasteiger partial charge in [-0.1, -0.05) is 17.7 Å². The summed E-state index contributed by atoms with van der Waals surface area (Å²) in [6.07, 6.45) is -4.46. The van der Waals surface area contributed by atoms with Crippen molar-refractivity contribution in [2.45, 2.75) is 20.0 Å². The first-order valence-electron chi connectivity index (χ1n) is 8.59. The van der Waals surface area contributed by atoms with Crippen LogP contribution in [0, 0.1) is 13.8 Å². The van der Waals surface area contributed by atoms with Crippen LogP contribution in [0.2, 0.25) is 0 Å². The molecule has 28 heavy (non-hydrogen) atoms. The van der Waals surface area contributed by atoms with Gasteiger partial charge in [-0.2, -0.15) is 13.2 Å². The van der Waals surface area contributed by atoms with Crippen molar-refractivity contribution in [2.75, 3.05) is 19.7 Å². The molecular weight excluding hydrogens is 373 g/mol. The number of halogens is 3. The molecule has 0 saturated heterocycles. The Labute approximate surface area is 160 Å². The molecule has 0 aliphatic rings. The molecule has 0 radical (unpaired) electrons. The van der Waals surface area contributed by atoms with Gasteiger partial charge in [-0.15, -0.1) is 0 Å². The first kappa shape index (κ1) is 21.3. The van der Waals surface area contributed by atoms with Crippen molar-refractivity contribution in [3.05, 3.63) is 64.7 Å². The van der Waals surface area contributed by atoms with Crippen LogP contribution in [0.3, 0.4) is 0 Å². The zero-order valence-electron chi connectivity index (χ0n) is 15.5. The van der Waals surface area contributed by atoms with E-state index in [4.69, 9.17) is 4.74 Å². The molecular formula is C20H21F3N2O3. The molecule has 0 aliphatic carbocycles. The number of rotatable bonds is 7. The Balaban J connectivity index is 1.71. The van der Waals surface area contributed by atoms with Gasteiger partial charge in [0.1, 0.15) is 12.4 Å². The summed E-state index contributed by atoms with van der Waals surface area (Å²) < 4.78 is 43.1. The lowest BCUT2D eigenvalue weighted by Crippen LogP contribution is -2.38. The summed E-state index contributed by atoms with van der Waals surface area (Å²) in [6, 6.07) is 9.54. The first-order valence-corrected chi connectivity index (χ1v) is 8.59. The zero-order chi connectivity index (χ0) is 20.7. The van der Waals surface area contributed by atoms with Gasteiger partial charge in [0.05, 0.1) is 18.7 Å². The van der Waals surface area contributed by atoms with E-state index in [1.165, 1.54) is 0 Å². The minimum atomic E-state index is -4.46. The standard InChI is InChI=1S/C20H21F3N2O3/c1-13-3-8-17(14(2)11-13)28-10-9-24-18(26)12-25-19(27)15-4-6-16(7-5-15)20(21,22)23/h3-8,11H,9-10,12H2,1-2H3,(H,24,26)(H,25,27). The molecule has 2 N–H and O–H groups in total. The lowest BCUT2D eigenvalue weighted by atomic mass is 10.1. The van der Waals surface area contributed by atoms with Gasteiger partial charge in [-0.05, 0) is 49.7 Å². The second-order valence-electron chi connectivity index (χ2n) is 6.23. The van der Waals surface area contributed by atoms with E-state index >= 15 is 0 Å². The van der Waals surface area contributed by atoms with Crippen molar-refractivity contribution in [3.8, 4) is 5.75 Å². The molecule has 5 nitrogen and oxygen atoms in total. The SMILES string of the molecule is Cc1ccc(OCCNC(=O)CNC(=O)c2ccc(C(F)(F)F)cc2)c(C)c1. The van der Waals surface area contributed by atoms with Crippen molar-refractivity contribution in [1.29, 1.82) is 0 Å². The Kier molecular flexibility index (Phi) is 7.03. The van der Waals surface area contributed by atoms with E-state index in [1.54, 1.807) is 0 Å². The maximum absolute atomic E-state index is 12.5. The van der Waals surface area contributed by atoms with Crippen LogP contribution in [-0.2, 0) is 11.0 Å².